The molecule has 2 rings (SSSR count). The first kappa shape index (κ1) is 15.8. The molecule has 114 valence electrons. The summed E-state index contributed by atoms with van der Waals surface area (Å²) >= 11 is 0. The first-order valence-electron chi connectivity index (χ1n) is 7.03. The van der Waals surface area contributed by atoms with Gasteiger partial charge in [-0.2, -0.15) is 0 Å². The third-order valence-electron chi connectivity index (χ3n) is 3.81. The second-order valence-corrected chi connectivity index (χ2v) is 7.74. The molecule has 0 aliphatic carbocycles. The number of carbonyl (C=O) groups is 1. The average Bonchev–Trinajstić information content (AvgIpc) is 2.74. The van der Waals surface area contributed by atoms with Gasteiger partial charge in [0.05, 0.1) is 11.8 Å². The van der Waals surface area contributed by atoms with Gasteiger partial charge in [0.25, 0.3) is 0 Å². The molecule has 1 aliphatic rings. The Balaban J connectivity index is 2.50. The number of sulfone groups is 1. The van der Waals surface area contributed by atoms with E-state index >= 15 is 0 Å². The van der Waals surface area contributed by atoms with E-state index in [9.17, 15) is 13.2 Å². The molecule has 0 radical (unpaired) electrons. The highest BCUT2D eigenvalue weighted by Gasteiger charge is 2.33. The van der Waals surface area contributed by atoms with Crippen LogP contribution in [0.25, 0.3) is 0 Å². The summed E-state index contributed by atoms with van der Waals surface area (Å²) in [5.74, 6) is -0.296. The minimum Gasteiger partial charge on any atom is -0.304 e. The molecule has 0 bridgehead atoms. The van der Waals surface area contributed by atoms with Crippen molar-refractivity contribution in [3.8, 4) is 0 Å². The van der Waals surface area contributed by atoms with E-state index in [0.717, 1.165) is 16.8 Å². The topological polar surface area (TPSA) is 54.5 Å². The number of hydrogen-bond donors (Lipinski definition) is 0. The molecule has 0 fully saturated rings. The number of aryl methyl sites for hydroxylation is 1. The minimum absolute atomic E-state index is 0.0428. The van der Waals surface area contributed by atoms with E-state index in [1.807, 2.05) is 45.9 Å². The van der Waals surface area contributed by atoms with Gasteiger partial charge in [-0.15, -0.1) is 0 Å². The Bertz CT molecular complexity index is 689. The molecule has 5 heteroatoms. The van der Waals surface area contributed by atoms with Gasteiger partial charge in [0, 0.05) is 17.0 Å². The summed E-state index contributed by atoms with van der Waals surface area (Å²) in [6.45, 7) is 7.60. The van der Waals surface area contributed by atoms with Crippen molar-refractivity contribution in [3.63, 3.8) is 0 Å². The molecule has 21 heavy (non-hydrogen) atoms. The van der Waals surface area contributed by atoms with Gasteiger partial charge in [-0.3, -0.25) is 4.79 Å². The summed E-state index contributed by atoms with van der Waals surface area (Å²) in [5, 5.41) is 1.21. The standard InChI is InChI=1S/C16H21NO3S/c1-11(2)16(18)17(14-8-9-21(19,20)10-14)15-7-5-6-12(3)13(15)4/h5-9,11,14H,10H2,1-4H3/t14-/m1/s1. The highest BCUT2D eigenvalue weighted by atomic mass is 32.2. The minimum atomic E-state index is -3.21. The maximum Gasteiger partial charge on any atom is 0.230 e. The molecule has 1 aromatic carbocycles. The van der Waals surface area contributed by atoms with E-state index in [1.165, 1.54) is 5.41 Å². The Morgan fingerprint density at radius 3 is 2.48 bits per heavy atom. The third kappa shape index (κ3) is 3.18. The Morgan fingerprint density at radius 1 is 1.29 bits per heavy atom. The van der Waals surface area contributed by atoms with Gasteiger partial charge in [-0.25, -0.2) is 8.42 Å². The van der Waals surface area contributed by atoms with Crippen molar-refractivity contribution >= 4 is 21.4 Å². The molecular weight excluding hydrogens is 286 g/mol. The molecule has 0 aromatic heterocycles. The van der Waals surface area contributed by atoms with Crippen LogP contribution in [0.3, 0.4) is 0 Å². The molecule has 1 amide bonds. The van der Waals surface area contributed by atoms with Crippen molar-refractivity contribution in [1.29, 1.82) is 0 Å². The SMILES string of the molecule is Cc1cccc(N(C(=O)C(C)C)[C@@H]2C=CS(=O)(=O)C2)c1C. The molecule has 0 saturated carbocycles. The lowest BCUT2D eigenvalue weighted by Crippen LogP contribution is -2.43. The molecule has 0 N–H and O–H groups in total. The Kier molecular flexibility index (Phi) is 4.23. The van der Waals surface area contributed by atoms with Gasteiger partial charge in [-0.05, 0) is 37.1 Å². The molecule has 1 atom stereocenters. The zero-order valence-electron chi connectivity index (χ0n) is 12.8. The normalized spacial score (nSPS) is 20.0. The monoisotopic (exact) mass is 307 g/mol. The van der Waals surface area contributed by atoms with Crippen LogP contribution < -0.4 is 4.90 Å². The van der Waals surface area contributed by atoms with Gasteiger partial charge in [0.15, 0.2) is 9.84 Å². The summed E-state index contributed by atoms with van der Waals surface area (Å²) < 4.78 is 23.4. The number of hydrogen-bond acceptors (Lipinski definition) is 3. The number of anilines is 1. The summed E-state index contributed by atoms with van der Waals surface area (Å²) in [5.41, 5.74) is 2.88. The van der Waals surface area contributed by atoms with Gasteiger partial charge in [-0.1, -0.05) is 26.0 Å². The zero-order chi connectivity index (χ0) is 15.8. The molecule has 0 saturated heterocycles. The molecule has 1 heterocycles. The van der Waals surface area contributed by atoms with Crippen LogP contribution in [-0.4, -0.2) is 26.1 Å². The molecule has 1 aromatic rings. The van der Waals surface area contributed by atoms with Crippen LogP contribution in [-0.2, 0) is 14.6 Å². The number of carbonyl (C=O) groups excluding carboxylic acids is 1. The second kappa shape index (κ2) is 5.64. The fourth-order valence-corrected chi connectivity index (χ4v) is 3.72. The maximum atomic E-state index is 12.6. The van der Waals surface area contributed by atoms with E-state index in [0.29, 0.717) is 0 Å². The van der Waals surface area contributed by atoms with Crippen LogP contribution in [0.5, 0.6) is 0 Å². The quantitative estimate of drug-likeness (QED) is 0.862. The van der Waals surface area contributed by atoms with Crippen LogP contribution in [0.4, 0.5) is 5.69 Å². The van der Waals surface area contributed by atoms with E-state index in [4.69, 9.17) is 0 Å². The highest BCUT2D eigenvalue weighted by Crippen LogP contribution is 2.29. The summed E-state index contributed by atoms with van der Waals surface area (Å²) in [6, 6.07) is 5.33. The second-order valence-electron chi connectivity index (χ2n) is 5.81. The van der Waals surface area contributed by atoms with Gasteiger partial charge in [0.1, 0.15) is 0 Å². The molecule has 0 spiro atoms. The summed E-state index contributed by atoms with van der Waals surface area (Å²) in [6.07, 6.45) is 1.61. The lowest BCUT2D eigenvalue weighted by molar-refractivity contribution is -0.121. The average molecular weight is 307 g/mol. The van der Waals surface area contributed by atoms with E-state index < -0.39 is 15.9 Å². The van der Waals surface area contributed by atoms with Gasteiger partial charge in [0.2, 0.25) is 5.91 Å². The largest absolute Gasteiger partial charge is 0.304 e. The fraction of sp³-hybridized carbons (Fsp3) is 0.438. The number of nitrogens with zero attached hydrogens (tertiary/aromatic N) is 1. The van der Waals surface area contributed by atoms with E-state index in [1.54, 1.807) is 11.0 Å². The van der Waals surface area contributed by atoms with Crippen LogP contribution in [0.1, 0.15) is 25.0 Å². The first-order chi connectivity index (χ1) is 9.73. The molecule has 1 aliphatic heterocycles. The van der Waals surface area contributed by atoms with Crippen LogP contribution in [0.2, 0.25) is 0 Å². The van der Waals surface area contributed by atoms with Crippen molar-refractivity contribution in [2.24, 2.45) is 5.92 Å². The maximum absolute atomic E-state index is 12.6. The third-order valence-corrected chi connectivity index (χ3v) is 5.19. The predicted molar refractivity (Wildman–Crippen MR) is 85.0 cm³/mol. The van der Waals surface area contributed by atoms with Crippen molar-refractivity contribution in [2.45, 2.75) is 33.7 Å². The van der Waals surface area contributed by atoms with Gasteiger partial charge >= 0.3 is 0 Å². The Hall–Kier alpha value is -1.62. The first-order valence-corrected chi connectivity index (χ1v) is 8.74. The number of benzene rings is 1. The van der Waals surface area contributed by atoms with Crippen molar-refractivity contribution < 1.29 is 13.2 Å². The number of amides is 1. The molecule has 4 nitrogen and oxygen atoms in total. The lowest BCUT2D eigenvalue weighted by Gasteiger charge is -2.31. The van der Waals surface area contributed by atoms with Gasteiger partial charge < -0.3 is 4.90 Å². The van der Waals surface area contributed by atoms with Crippen molar-refractivity contribution in [1.82, 2.24) is 0 Å². The Labute approximate surface area is 126 Å². The lowest BCUT2D eigenvalue weighted by atomic mass is 10.0. The van der Waals surface area contributed by atoms with Crippen molar-refractivity contribution in [2.75, 3.05) is 10.7 Å². The van der Waals surface area contributed by atoms with Crippen LogP contribution >= 0.6 is 0 Å². The van der Waals surface area contributed by atoms with Crippen molar-refractivity contribution in [3.05, 3.63) is 40.8 Å². The molecular formula is C16H21NO3S. The molecule has 0 unspecified atom stereocenters. The smallest absolute Gasteiger partial charge is 0.230 e. The highest BCUT2D eigenvalue weighted by molar-refractivity contribution is 7.94. The summed E-state index contributed by atoms with van der Waals surface area (Å²) in [7, 11) is -3.21. The predicted octanol–water partition coefficient (Wildman–Crippen LogP) is 2.60. The fourth-order valence-electron chi connectivity index (χ4n) is 2.46. The number of rotatable bonds is 3. The van der Waals surface area contributed by atoms with E-state index in [-0.39, 0.29) is 17.6 Å². The van der Waals surface area contributed by atoms with E-state index in [2.05, 4.69) is 0 Å². The Morgan fingerprint density at radius 2 is 1.95 bits per heavy atom. The summed E-state index contributed by atoms with van der Waals surface area (Å²) in [4.78, 5) is 14.2. The van der Waals surface area contributed by atoms with Crippen LogP contribution in [0.15, 0.2) is 29.7 Å². The van der Waals surface area contributed by atoms with Crippen LogP contribution in [0, 0.1) is 19.8 Å². The zero-order valence-corrected chi connectivity index (χ0v) is 13.6.